The molecular formula is C18H16F3NO2. The van der Waals surface area contributed by atoms with Gasteiger partial charge in [-0.3, -0.25) is 4.79 Å². The molecule has 0 saturated heterocycles. The minimum atomic E-state index is -1.06. The van der Waals surface area contributed by atoms with Crippen LogP contribution < -0.4 is 4.74 Å². The maximum Gasteiger partial charge on any atom is 0.314 e. The molecule has 0 amide bonds. The van der Waals surface area contributed by atoms with Gasteiger partial charge in [0.2, 0.25) is 0 Å². The first-order valence-corrected chi connectivity index (χ1v) is 7.60. The molecule has 2 rings (SSSR count). The number of allylic oxidation sites excluding steroid dienone is 4. The molecule has 1 fully saturated rings. The summed E-state index contributed by atoms with van der Waals surface area (Å²) >= 11 is 0. The van der Waals surface area contributed by atoms with Crippen LogP contribution >= 0.6 is 0 Å². The first kappa shape index (κ1) is 17.8. The van der Waals surface area contributed by atoms with Gasteiger partial charge >= 0.3 is 5.97 Å². The summed E-state index contributed by atoms with van der Waals surface area (Å²) in [4.78, 5) is 12.1. The van der Waals surface area contributed by atoms with Crippen LogP contribution in [0.3, 0.4) is 0 Å². The van der Waals surface area contributed by atoms with E-state index in [1.54, 1.807) is 0 Å². The number of hydrogen-bond acceptors (Lipinski definition) is 3. The molecule has 1 saturated carbocycles. The minimum Gasteiger partial charge on any atom is -0.426 e. The predicted octanol–water partition coefficient (Wildman–Crippen LogP) is 4.61. The lowest BCUT2D eigenvalue weighted by Gasteiger charge is -2.25. The Morgan fingerprint density at radius 1 is 1.21 bits per heavy atom. The summed E-state index contributed by atoms with van der Waals surface area (Å²) in [7, 11) is 0. The summed E-state index contributed by atoms with van der Waals surface area (Å²) in [6, 6.07) is 4.35. The van der Waals surface area contributed by atoms with E-state index in [0.717, 1.165) is 31.1 Å². The summed E-state index contributed by atoms with van der Waals surface area (Å²) in [5.74, 6) is -3.48. The Balaban J connectivity index is 1.84. The number of rotatable bonds is 4. The Labute approximate surface area is 138 Å². The van der Waals surface area contributed by atoms with Crippen LogP contribution in [0.1, 0.15) is 25.7 Å². The second kappa shape index (κ2) is 8.34. The normalized spacial score (nSPS) is 21.5. The molecule has 3 nitrogen and oxygen atoms in total. The van der Waals surface area contributed by atoms with Crippen molar-refractivity contribution in [2.24, 2.45) is 11.8 Å². The molecule has 0 heterocycles. The van der Waals surface area contributed by atoms with E-state index >= 15 is 0 Å². The fraction of sp³-hybridized carbons (Fsp3) is 0.333. The Hall–Kier alpha value is -2.55. The van der Waals surface area contributed by atoms with E-state index in [1.165, 1.54) is 18.2 Å². The number of halogens is 3. The first-order valence-electron chi connectivity index (χ1n) is 7.60. The van der Waals surface area contributed by atoms with Crippen molar-refractivity contribution in [1.29, 1.82) is 5.26 Å². The van der Waals surface area contributed by atoms with Crippen LogP contribution in [0.2, 0.25) is 0 Å². The van der Waals surface area contributed by atoms with E-state index in [2.05, 4.69) is 0 Å². The highest BCUT2D eigenvalue weighted by Gasteiger charge is 2.26. The lowest BCUT2D eigenvalue weighted by atomic mass is 9.82. The van der Waals surface area contributed by atoms with Crippen molar-refractivity contribution in [3.8, 4) is 11.8 Å². The number of benzene rings is 1. The monoisotopic (exact) mass is 335 g/mol. The molecule has 0 radical (unpaired) electrons. The molecule has 0 N–H and O–H groups in total. The molecule has 1 aromatic carbocycles. The minimum absolute atomic E-state index is 0.0157. The molecule has 0 spiro atoms. The fourth-order valence-electron chi connectivity index (χ4n) is 2.62. The van der Waals surface area contributed by atoms with Gasteiger partial charge < -0.3 is 4.74 Å². The second-order valence-electron chi connectivity index (χ2n) is 5.62. The molecule has 0 aliphatic heterocycles. The van der Waals surface area contributed by atoms with E-state index in [4.69, 9.17) is 10.00 Å². The van der Waals surface area contributed by atoms with E-state index in [1.807, 2.05) is 6.08 Å². The average Bonchev–Trinajstić information content (AvgIpc) is 2.58. The standard InChI is InChI=1S/C18H16F3NO2/c19-14(11-22)3-1-2-12-4-6-13(7-5-12)18(23)24-15-8-9-16(20)17(21)10-15/h1-3,8-10,12-13H,4-7H2. The van der Waals surface area contributed by atoms with Crippen molar-refractivity contribution in [1.82, 2.24) is 0 Å². The van der Waals surface area contributed by atoms with Gasteiger partial charge in [0.05, 0.1) is 5.92 Å². The van der Waals surface area contributed by atoms with Gasteiger partial charge in [0.25, 0.3) is 0 Å². The SMILES string of the molecule is N#CC(F)=CC=CC1CCC(C(=O)Oc2ccc(F)c(F)c2)CC1. The van der Waals surface area contributed by atoms with Gasteiger partial charge in [0.15, 0.2) is 17.5 Å². The zero-order chi connectivity index (χ0) is 17.5. The summed E-state index contributed by atoms with van der Waals surface area (Å²) < 4.78 is 43.7. The molecular weight excluding hydrogens is 319 g/mol. The van der Waals surface area contributed by atoms with Crippen LogP contribution in [0.5, 0.6) is 5.75 Å². The summed E-state index contributed by atoms with van der Waals surface area (Å²) in [6.07, 6.45) is 7.08. The Morgan fingerprint density at radius 2 is 1.92 bits per heavy atom. The lowest BCUT2D eigenvalue weighted by molar-refractivity contribution is -0.140. The van der Waals surface area contributed by atoms with E-state index in [9.17, 15) is 18.0 Å². The molecule has 6 heteroatoms. The third-order valence-electron chi connectivity index (χ3n) is 3.95. The summed E-state index contributed by atoms with van der Waals surface area (Å²) in [5, 5.41) is 8.30. The van der Waals surface area contributed by atoms with Crippen LogP contribution in [0.25, 0.3) is 0 Å². The quantitative estimate of drug-likeness (QED) is 0.349. The Bertz CT molecular complexity index is 699. The van der Waals surface area contributed by atoms with Gasteiger partial charge in [-0.25, -0.2) is 8.78 Å². The lowest BCUT2D eigenvalue weighted by Crippen LogP contribution is -2.25. The van der Waals surface area contributed by atoms with E-state index < -0.39 is 23.4 Å². The number of hydrogen-bond donors (Lipinski definition) is 0. The molecule has 1 aliphatic rings. The van der Waals surface area contributed by atoms with E-state index in [0.29, 0.717) is 12.8 Å². The number of ether oxygens (including phenoxy) is 1. The summed E-state index contributed by atoms with van der Waals surface area (Å²) in [5.41, 5.74) is 0. The molecule has 126 valence electrons. The third-order valence-corrected chi connectivity index (χ3v) is 3.95. The summed E-state index contributed by atoms with van der Waals surface area (Å²) in [6.45, 7) is 0. The smallest absolute Gasteiger partial charge is 0.314 e. The van der Waals surface area contributed by atoms with Crippen LogP contribution in [0, 0.1) is 34.8 Å². The average molecular weight is 335 g/mol. The van der Waals surface area contributed by atoms with Gasteiger partial charge in [0.1, 0.15) is 11.8 Å². The van der Waals surface area contributed by atoms with Crippen molar-refractivity contribution >= 4 is 5.97 Å². The van der Waals surface area contributed by atoms with Gasteiger partial charge in [-0.1, -0.05) is 12.2 Å². The molecule has 24 heavy (non-hydrogen) atoms. The van der Waals surface area contributed by atoms with Crippen LogP contribution in [-0.4, -0.2) is 5.97 Å². The number of nitrogens with zero attached hydrogens (tertiary/aromatic N) is 1. The van der Waals surface area contributed by atoms with Crippen molar-refractivity contribution in [2.75, 3.05) is 0 Å². The van der Waals surface area contributed by atoms with Crippen LogP contribution in [-0.2, 0) is 4.79 Å². The maximum absolute atomic E-state index is 13.1. The fourth-order valence-corrected chi connectivity index (χ4v) is 2.62. The number of carbonyl (C=O) groups excluding carboxylic acids is 1. The number of carbonyl (C=O) groups is 1. The van der Waals surface area contributed by atoms with Crippen molar-refractivity contribution in [3.63, 3.8) is 0 Å². The molecule has 0 unspecified atom stereocenters. The molecule has 0 atom stereocenters. The van der Waals surface area contributed by atoms with Crippen molar-refractivity contribution in [2.45, 2.75) is 25.7 Å². The maximum atomic E-state index is 13.1. The zero-order valence-electron chi connectivity index (χ0n) is 12.8. The topological polar surface area (TPSA) is 50.1 Å². The van der Waals surface area contributed by atoms with Gasteiger partial charge in [-0.15, -0.1) is 0 Å². The highest BCUT2D eigenvalue weighted by atomic mass is 19.2. The second-order valence-corrected chi connectivity index (χ2v) is 5.62. The largest absolute Gasteiger partial charge is 0.426 e. The highest BCUT2D eigenvalue weighted by Crippen LogP contribution is 2.31. The van der Waals surface area contributed by atoms with Crippen molar-refractivity contribution in [3.05, 3.63) is 53.9 Å². The Morgan fingerprint density at radius 3 is 2.54 bits per heavy atom. The Kier molecular flexibility index (Phi) is 6.19. The van der Waals surface area contributed by atoms with E-state index in [-0.39, 0.29) is 17.6 Å². The number of nitriles is 1. The van der Waals surface area contributed by atoms with Gasteiger partial charge in [-0.05, 0) is 49.8 Å². The molecule has 0 bridgehead atoms. The van der Waals surface area contributed by atoms with Gasteiger partial charge in [-0.2, -0.15) is 9.65 Å². The molecule has 1 aromatic rings. The van der Waals surface area contributed by atoms with Crippen LogP contribution in [0.15, 0.2) is 42.3 Å². The van der Waals surface area contributed by atoms with Crippen molar-refractivity contribution < 1.29 is 22.7 Å². The third kappa shape index (κ3) is 4.98. The first-order chi connectivity index (χ1) is 11.5. The predicted molar refractivity (Wildman–Crippen MR) is 81.4 cm³/mol. The van der Waals surface area contributed by atoms with Crippen LogP contribution in [0.4, 0.5) is 13.2 Å². The zero-order valence-corrected chi connectivity index (χ0v) is 12.8. The highest BCUT2D eigenvalue weighted by molar-refractivity contribution is 5.75. The van der Waals surface area contributed by atoms with Gasteiger partial charge in [0, 0.05) is 6.07 Å². The molecule has 1 aliphatic carbocycles. The molecule has 0 aromatic heterocycles. The number of esters is 1.